The molecule has 1 aromatic carbocycles. The van der Waals surface area contributed by atoms with Gasteiger partial charge in [-0.1, -0.05) is 56.5 Å². The van der Waals surface area contributed by atoms with E-state index in [9.17, 15) is 4.79 Å². The SMILES string of the molecule is CCCCC(CC)(OC)C(=O)c1ccc(C)cc1. The Bertz CT molecular complexity index is 375. The van der Waals surface area contributed by atoms with Crippen LogP contribution in [0.2, 0.25) is 0 Å². The molecule has 1 aromatic rings. The minimum absolute atomic E-state index is 0.112. The molecule has 18 heavy (non-hydrogen) atoms. The summed E-state index contributed by atoms with van der Waals surface area (Å²) in [6, 6.07) is 7.74. The van der Waals surface area contributed by atoms with E-state index < -0.39 is 5.60 Å². The highest BCUT2D eigenvalue weighted by molar-refractivity contribution is 6.02. The number of benzene rings is 1. The van der Waals surface area contributed by atoms with Crippen molar-refractivity contribution >= 4 is 5.78 Å². The summed E-state index contributed by atoms with van der Waals surface area (Å²) in [7, 11) is 1.64. The zero-order valence-electron chi connectivity index (χ0n) is 12.0. The molecule has 0 saturated carbocycles. The molecule has 100 valence electrons. The van der Waals surface area contributed by atoms with E-state index in [0.717, 1.165) is 31.2 Å². The monoisotopic (exact) mass is 248 g/mol. The first kappa shape index (κ1) is 14.9. The molecule has 0 amide bonds. The predicted molar refractivity (Wildman–Crippen MR) is 75.1 cm³/mol. The number of unbranched alkanes of at least 4 members (excludes halogenated alkanes) is 1. The molecule has 0 aromatic heterocycles. The van der Waals surface area contributed by atoms with E-state index >= 15 is 0 Å². The molecule has 0 fully saturated rings. The second kappa shape index (κ2) is 6.69. The van der Waals surface area contributed by atoms with Crippen LogP contribution in [0.3, 0.4) is 0 Å². The van der Waals surface area contributed by atoms with E-state index in [1.54, 1.807) is 7.11 Å². The highest BCUT2D eigenvalue weighted by atomic mass is 16.5. The Kier molecular flexibility index (Phi) is 5.54. The van der Waals surface area contributed by atoms with Gasteiger partial charge in [0.25, 0.3) is 0 Å². The van der Waals surface area contributed by atoms with Crippen LogP contribution in [0.1, 0.15) is 55.5 Å². The average Bonchev–Trinajstić information content (AvgIpc) is 2.41. The van der Waals surface area contributed by atoms with Crippen molar-refractivity contribution in [2.24, 2.45) is 0 Å². The quantitative estimate of drug-likeness (QED) is 0.677. The van der Waals surface area contributed by atoms with Crippen LogP contribution in [0.25, 0.3) is 0 Å². The molecule has 1 unspecified atom stereocenters. The summed E-state index contributed by atoms with van der Waals surface area (Å²) in [6.07, 6.45) is 3.60. The van der Waals surface area contributed by atoms with Gasteiger partial charge < -0.3 is 4.74 Å². The summed E-state index contributed by atoms with van der Waals surface area (Å²) in [5, 5.41) is 0. The van der Waals surface area contributed by atoms with Crippen LogP contribution in [0.15, 0.2) is 24.3 Å². The van der Waals surface area contributed by atoms with Gasteiger partial charge in [0.15, 0.2) is 5.78 Å². The number of rotatable bonds is 7. The van der Waals surface area contributed by atoms with Crippen LogP contribution in [0.4, 0.5) is 0 Å². The van der Waals surface area contributed by atoms with E-state index in [2.05, 4.69) is 6.92 Å². The maximum absolute atomic E-state index is 12.6. The number of aryl methyl sites for hydroxylation is 1. The van der Waals surface area contributed by atoms with Gasteiger partial charge in [0.2, 0.25) is 0 Å². The van der Waals surface area contributed by atoms with Crippen molar-refractivity contribution in [2.75, 3.05) is 7.11 Å². The van der Waals surface area contributed by atoms with Gasteiger partial charge in [-0.2, -0.15) is 0 Å². The van der Waals surface area contributed by atoms with Crippen molar-refractivity contribution in [1.82, 2.24) is 0 Å². The molecular weight excluding hydrogens is 224 g/mol. The number of hydrogen-bond acceptors (Lipinski definition) is 2. The van der Waals surface area contributed by atoms with Crippen molar-refractivity contribution in [3.8, 4) is 0 Å². The summed E-state index contributed by atoms with van der Waals surface area (Å²) in [5.74, 6) is 0.112. The molecule has 0 spiro atoms. The van der Waals surface area contributed by atoms with Gasteiger partial charge in [0.1, 0.15) is 5.60 Å². The molecule has 0 radical (unpaired) electrons. The summed E-state index contributed by atoms with van der Waals surface area (Å²) >= 11 is 0. The highest BCUT2D eigenvalue weighted by Crippen LogP contribution is 2.27. The predicted octanol–water partition coefficient (Wildman–Crippen LogP) is 4.16. The number of carbonyl (C=O) groups is 1. The summed E-state index contributed by atoms with van der Waals surface area (Å²) in [5.41, 5.74) is 1.27. The van der Waals surface area contributed by atoms with Crippen LogP contribution >= 0.6 is 0 Å². The van der Waals surface area contributed by atoms with Crippen LogP contribution in [0.5, 0.6) is 0 Å². The second-order valence-corrected chi connectivity index (χ2v) is 4.85. The Morgan fingerprint density at radius 2 is 1.83 bits per heavy atom. The van der Waals surface area contributed by atoms with Crippen molar-refractivity contribution in [1.29, 1.82) is 0 Å². The van der Waals surface area contributed by atoms with Crippen LogP contribution in [-0.4, -0.2) is 18.5 Å². The van der Waals surface area contributed by atoms with Crippen LogP contribution in [-0.2, 0) is 4.74 Å². The van der Waals surface area contributed by atoms with Crippen LogP contribution in [0, 0.1) is 6.92 Å². The first-order valence-corrected chi connectivity index (χ1v) is 6.76. The maximum Gasteiger partial charge on any atom is 0.194 e. The van der Waals surface area contributed by atoms with E-state index in [-0.39, 0.29) is 5.78 Å². The molecule has 0 saturated heterocycles. The van der Waals surface area contributed by atoms with Gasteiger partial charge in [-0.25, -0.2) is 0 Å². The molecule has 0 aliphatic carbocycles. The topological polar surface area (TPSA) is 26.3 Å². The molecule has 0 aliphatic rings. The minimum atomic E-state index is -0.648. The Labute approximate surface area is 110 Å². The van der Waals surface area contributed by atoms with Crippen molar-refractivity contribution < 1.29 is 9.53 Å². The van der Waals surface area contributed by atoms with E-state index in [1.807, 2.05) is 38.1 Å². The lowest BCUT2D eigenvalue weighted by Gasteiger charge is -2.30. The van der Waals surface area contributed by atoms with E-state index in [1.165, 1.54) is 5.56 Å². The van der Waals surface area contributed by atoms with E-state index in [0.29, 0.717) is 0 Å². The summed E-state index contributed by atoms with van der Waals surface area (Å²) < 4.78 is 5.59. The number of methoxy groups -OCH3 is 1. The number of carbonyl (C=O) groups excluding carboxylic acids is 1. The first-order chi connectivity index (χ1) is 8.59. The molecule has 0 aliphatic heterocycles. The maximum atomic E-state index is 12.6. The van der Waals surface area contributed by atoms with Gasteiger partial charge in [0.05, 0.1) is 0 Å². The first-order valence-electron chi connectivity index (χ1n) is 6.76. The second-order valence-electron chi connectivity index (χ2n) is 4.85. The minimum Gasteiger partial charge on any atom is -0.370 e. The standard InChI is InChI=1S/C16H24O2/c1-5-7-12-16(6-2,18-4)15(17)14-10-8-13(3)9-11-14/h8-11H,5-7,12H2,1-4H3. The molecular formula is C16H24O2. The lowest BCUT2D eigenvalue weighted by Crippen LogP contribution is -2.40. The number of hydrogen-bond donors (Lipinski definition) is 0. The van der Waals surface area contributed by atoms with Crippen LogP contribution < -0.4 is 0 Å². The van der Waals surface area contributed by atoms with Gasteiger partial charge in [-0.15, -0.1) is 0 Å². The Morgan fingerprint density at radius 1 is 1.22 bits per heavy atom. The van der Waals surface area contributed by atoms with Gasteiger partial charge in [0, 0.05) is 12.7 Å². The fourth-order valence-electron chi connectivity index (χ4n) is 2.22. The number of ketones is 1. The lowest BCUT2D eigenvalue weighted by molar-refractivity contribution is -0.00659. The Hall–Kier alpha value is -1.15. The largest absolute Gasteiger partial charge is 0.370 e. The summed E-state index contributed by atoms with van der Waals surface area (Å²) in [6.45, 7) is 6.17. The van der Waals surface area contributed by atoms with E-state index in [4.69, 9.17) is 4.74 Å². The average molecular weight is 248 g/mol. The third kappa shape index (κ3) is 3.20. The van der Waals surface area contributed by atoms with Crippen molar-refractivity contribution in [3.63, 3.8) is 0 Å². The molecule has 1 rings (SSSR count). The molecule has 0 heterocycles. The van der Waals surface area contributed by atoms with Gasteiger partial charge in [-0.3, -0.25) is 4.79 Å². The van der Waals surface area contributed by atoms with Crippen molar-refractivity contribution in [2.45, 2.75) is 52.1 Å². The zero-order valence-corrected chi connectivity index (χ0v) is 12.0. The molecule has 2 nitrogen and oxygen atoms in total. The normalized spacial score (nSPS) is 14.2. The number of Topliss-reactive ketones (excluding diaryl/α,β-unsaturated/α-hetero) is 1. The fourth-order valence-corrected chi connectivity index (χ4v) is 2.22. The molecule has 1 atom stereocenters. The Balaban J connectivity index is 2.98. The third-order valence-corrected chi connectivity index (χ3v) is 3.62. The zero-order chi connectivity index (χ0) is 13.6. The third-order valence-electron chi connectivity index (χ3n) is 3.62. The van der Waals surface area contributed by atoms with Crippen molar-refractivity contribution in [3.05, 3.63) is 35.4 Å². The fraction of sp³-hybridized carbons (Fsp3) is 0.562. The molecule has 2 heteroatoms. The lowest BCUT2D eigenvalue weighted by atomic mass is 9.85. The number of ether oxygens (including phenoxy) is 1. The highest BCUT2D eigenvalue weighted by Gasteiger charge is 2.36. The Morgan fingerprint density at radius 3 is 2.28 bits per heavy atom. The van der Waals surface area contributed by atoms with Gasteiger partial charge >= 0.3 is 0 Å². The molecule has 0 N–H and O–H groups in total. The molecule has 0 bridgehead atoms. The summed E-state index contributed by atoms with van der Waals surface area (Å²) in [4.78, 5) is 12.6. The smallest absolute Gasteiger partial charge is 0.194 e. The van der Waals surface area contributed by atoms with Gasteiger partial charge in [-0.05, 0) is 19.8 Å².